The minimum absolute atomic E-state index is 0.0489. The molecule has 1 aliphatic rings. The lowest BCUT2D eigenvalue weighted by molar-refractivity contribution is -0.146. The normalized spacial score (nSPS) is 21.9. The average Bonchev–Trinajstić information content (AvgIpc) is 2.64. The van der Waals surface area contributed by atoms with Gasteiger partial charge in [-0.2, -0.15) is 0 Å². The minimum atomic E-state index is -3.05. The predicted molar refractivity (Wildman–Crippen MR) is 67.7 cm³/mol. The number of nitrogens with one attached hydrogen (secondary N) is 1. The topological polar surface area (TPSA) is 83.6 Å². The summed E-state index contributed by atoms with van der Waals surface area (Å²) in [5.74, 6) is -1.04. The summed E-state index contributed by atoms with van der Waals surface area (Å²) in [6.45, 7) is 4.29. The first-order chi connectivity index (χ1) is 8.23. The molecule has 0 spiro atoms. The summed E-state index contributed by atoms with van der Waals surface area (Å²) in [5.41, 5.74) is 0. The molecule has 1 aliphatic heterocycles. The van der Waals surface area contributed by atoms with E-state index in [0.29, 0.717) is 13.0 Å². The van der Waals surface area contributed by atoms with Crippen LogP contribution in [0, 0.1) is 5.92 Å². The Morgan fingerprint density at radius 2 is 2.00 bits per heavy atom. The Balaban J connectivity index is 2.54. The monoisotopic (exact) mass is 276 g/mol. The molecule has 0 aromatic heterocycles. The number of sulfone groups is 1. The lowest BCUT2D eigenvalue weighted by atomic mass is 10.2. The molecule has 1 rings (SSSR count). The summed E-state index contributed by atoms with van der Waals surface area (Å²) in [5, 5.41) is 2.53. The van der Waals surface area contributed by atoms with Crippen molar-refractivity contribution in [2.45, 2.75) is 26.3 Å². The number of nitrogens with zero attached hydrogens (tertiary/aromatic N) is 1. The van der Waals surface area contributed by atoms with Gasteiger partial charge in [0.15, 0.2) is 9.84 Å². The van der Waals surface area contributed by atoms with Crippen molar-refractivity contribution < 1.29 is 18.0 Å². The fourth-order valence-corrected chi connectivity index (χ4v) is 3.55. The van der Waals surface area contributed by atoms with Gasteiger partial charge in [-0.1, -0.05) is 13.8 Å². The third kappa shape index (κ3) is 3.97. The van der Waals surface area contributed by atoms with Crippen LogP contribution in [-0.2, 0) is 19.4 Å². The average molecular weight is 276 g/mol. The van der Waals surface area contributed by atoms with E-state index in [4.69, 9.17) is 0 Å². The Labute approximate surface area is 108 Å². The summed E-state index contributed by atoms with van der Waals surface area (Å²) in [7, 11) is -1.58. The van der Waals surface area contributed by atoms with Gasteiger partial charge in [0.05, 0.1) is 11.5 Å². The van der Waals surface area contributed by atoms with Crippen LogP contribution in [0.5, 0.6) is 0 Å². The molecule has 0 aromatic carbocycles. The van der Waals surface area contributed by atoms with E-state index in [1.807, 2.05) is 13.8 Å². The first kappa shape index (κ1) is 14.9. The lowest BCUT2D eigenvalue weighted by Gasteiger charge is -2.22. The molecule has 0 radical (unpaired) electrons. The summed E-state index contributed by atoms with van der Waals surface area (Å²) in [6, 6.07) is -0.382. The van der Waals surface area contributed by atoms with Crippen LogP contribution >= 0.6 is 0 Å². The SMILES string of the molecule is CC(C)CNC(=O)C(=O)N(C)C1CCS(=O)(=O)C1. The molecule has 18 heavy (non-hydrogen) atoms. The molecule has 0 saturated carbocycles. The smallest absolute Gasteiger partial charge is 0.311 e. The fourth-order valence-electron chi connectivity index (χ4n) is 1.78. The number of hydrogen-bond acceptors (Lipinski definition) is 4. The number of rotatable bonds is 3. The number of amides is 2. The van der Waals surface area contributed by atoms with Crippen molar-refractivity contribution >= 4 is 21.7 Å². The Morgan fingerprint density at radius 3 is 2.44 bits per heavy atom. The van der Waals surface area contributed by atoms with Crippen molar-refractivity contribution in [2.24, 2.45) is 5.92 Å². The van der Waals surface area contributed by atoms with E-state index in [1.165, 1.54) is 11.9 Å². The van der Waals surface area contributed by atoms with Crippen LogP contribution in [-0.4, -0.2) is 56.3 Å². The first-order valence-corrected chi connectivity index (χ1v) is 7.80. The second kappa shape index (κ2) is 5.69. The van der Waals surface area contributed by atoms with Gasteiger partial charge >= 0.3 is 11.8 Å². The van der Waals surface area contributed by atoms with Crippen LogP contribution in [0.15, 0.2) is 0 Å². The van der Waals surface area contributed by atoms with Gasteiger partial charge < -0.3 is 10.2 Å². The lowest BCUT2D eigenvalue weighted by Crippen LogP contribution is -2.46. The quantitative estimate of drug-likeness (QED) is 0.698. The highest BCUT2D eigenvalue weighted by atomic mass is 32.2. The van der Waals surface area contributed by atoms with Gasteiger partial charge in [-0.25, -0.2) is 8.42 Å². The molecule has 0 bridgehead atoms. The van der Waals surface area contributed by atoms with Crippen LogP contribution in [0.25, 0.3) is 0 Å². The number of hydrogen-bond donors (Lipinski definition) is 1. The molecular weight excluding hydrogens is 256 g/mol. The molecule has 1 saturated heterocycles. The van der Waals surface area contributed by atoms with Crippen LogP contribution in [0.4, 0.5) is 0 Å². The van der Waals surface area contributed by atoms with Gasteiger partial charge in [-0.3, -0.25) is 9.59 Å². The van der Waals surface area contributed by atoms with E-state index in [-0.39, 0.29) is 23.5 Å². The summed E-state index contributed by atoms with van der Waals surface area (Å²) >= 11 is 0. The maximum Gasteiger partial charge on any atom is 0.311 e. The van der Waals surface area contributed by atoms with E-state index >= 15 is 0 Å². The molecule has 7 heteroatoms. The molecule has 1 N–H and O–H groups in total. The van der Waals surface area contributed by atoms with Crippen LogP contribution in [0.3, 0.4) is 0 Å². The standard InChI is InChI=1S/C11H20N2O4S/c1-8(2)6-12-10(14)11(15)13(3)9-4-5-18(16,17)7-9/h8-9H,4-7H2,1-3H3,(H,12,14). The Kier molecular flexibility index (Phi) is 4.72. The van der Waals surface area contributed by atoms with Crippen molar-refractivity contribution in [2.75, 3.05) is 25.1 Å². The Bertz CT molecular complexity index is 430. The van der Waals surface area contributed by atoms with E-state index in [9.17, 15) is 18.0 Å². The van der Waals surface area contributed by atoms with E-state index in [1.54, 1.807) is 0 Å². The van der Waals surface area contributed by atoms with Crippen LogP contribution in [0.1, 0.15) is 20.3 Å². The molecule has 1 unspecified atom stereocenters. The third-order valence-corrected chi connectivity index (χ3v) is 4.69. The zero-order chi connectivity index (χ0) is 13.9. The molecule has 0 aliphatic carbocycles. The molecule has 6 nitrogen and oxygen atoms in total. The van der Waals surface area contributed by atoms with Crippen LogP contribution < -0.4 is 5.32 Å². The molecule has 0 aromatic rings. The predicted octanol–water partition coefficient (Wildman–Crippen LogP) is -0.596. The number of likely N-dealkylation sites (N-methyl/N-ethyl adjacent to an activating group) is 1. The van der Waals surface area contributed by atoms with Gasteiger partial charge in [0.1, 0.15) is 0 Å². The van der Waals surface area contributed by atoms with Crippen molar-refractivity contribution in [3.05, 3.63) is 0 Å². The maximum atomic E-state index is 11.8. The van der Waals surface area contributed by atoms with E-state index in [2.05, 4.69) is 5.32 Å². The third-order valence-electron chi connectivity index (χ3n) is 2.94. The number of carbonyl (C=O) groups excluding carboxylic acids is 2. The van der Waals surface area contributed by atoms with E-state index in [0.717, 1.165) is 0 Å². The largest absolute Gasteiger partial charge is 0.348 e. The molecule has 104 valence electrons. The highest BCUT2D eigenvalue weighted by molar-refractivity contribution is 7.91. The van der Waals surface area contributed by atoms with Crippen molar-refractivity contribution in [3.8, 4) is 0 Å². The summed E-state index contributed by atoms with van der Waals surface area (Å²) in [4.78, 5) is 24.6. The van der Waals surface area contributed by atoms with Gasteiger partial charge in [-0.05, 0) is 12.3 Å². The van der Waals surface area contributed by atoms with Gasteiger partial charge in [0.2, 0.25) is 0 Å². The molecule has 1 fully saturated rings. The molecular formula is C11H20N2O4S. The zero-order valence-electron chi connectivity index (χ0n) is 11.0. The second-order valence-electron chi connectivity index (χ2n) is 5.08. The van der Waals surface area contributed by atoms with Crippen molar-refractivity contribution in [1.29, 1.82) is 0 Å². The molecule has 1 atom stereocenters. The van der Waals surface area contributed by atoms with Crippen molar-refractivity contribution in [3.63, 3.8) is 0 Å². The Hall–Kier alpha value is -1.11. The van der Waals surface area contributed by atoms with Crippen molar-refractivity contribution in [1.82, 2.24) is 10.2 Å². The number of carbonyl (C=O) groups is 2. The van der Waals surface area contributed by atoms with Gasteiger partial charge in [0.25, 0.3) is 0 Å². The Morgan fingerprint density at radius 1 is 1.39 bits per heavy atom. The van der Waals surface area contributed by atoms with Crippen LogP contribution in [0.2, 0.25) is 0 Å². The van der Waals surface area contributed by atoms with E-state index < -0.39 is 21.7 Å². The highest BCUT2D eigenvalue weighted by Crippen LogP contribution is 2.16. The zero-order valence-corrected chi connectivity index (χ0v) is 11.8. The first-order valence-electron chi connectivity index (χ1n) is 5.98. The molecule has 2 amide bonds. The fraction of sp³-hybridized carbons (Fsp3) is 0.818. The van der Waals surface area contributed by atoms with Gasteiger partial charge in [-0.15, -0.1) is 0 Å². The highest BCUT2D eigenvalue weighted by Gasteiger charge is 2.34. The summed E-state index contributed by atoms with van der Waals surface area (Å²) < 4.78 is 22.6. The summed E-state index contributed by atoms with van der Waals surface area (Å²) in [6.07, 6.45) is 0.405. The van der Waals surface area contributed by atoms with Gasteiger partial charge in [0, 0.05) is 19.6 Å². The minimum Gasteiger partial charge on any atom is -0.348 e. The second-order valence-corrected chi connectivity index (χ2v) is 7.31. The maximum absolute atomic E-state index is 11.8. The molecule has 1 heterocycles.